The highest BCUT2D eigenvalue weighted by Crippen LogP contribution is 2.22. The van der Waals surface area contributed by atoms with E-state index >= 15 is 0 Å². The highest BCUT2D eigenvalue weighted by atomic mass is 19.1. The van der Waals surface area contributed by atoms with Gasteiger partial charge in [-0.15, -0.1) is 0 Å². The van der Waals surface area contributed by atoms with Crippen molar-refractivity contribution in [1.29, 1.82) is 0 Å². The van der Waals surface area contributed by atoms with Gasteiger partial charge in [-0.2, -0.15) is 5.10 Å². The first-order valence-corrected chi connectivity index (χ1v) is 6.05. The zero-order valence-electron chi connectivity index (χ0n) is 11.1. The molecular formula is C14H13F2N3O2. The van der Waals surface area contributed by atoms with Gasteiger partial charge in [0, 0.05) is 23.4 Å². The number of anilines is 1. The van der Waals surface area contributed by atoms with Crippen molar-refractivity contribution in [2.45, 2.75) is 13.5 Å². The number of aromatic hydroxyl groups is 1. The van der Waals surface area contributed by atoms with E-state index in [0.717, 1.165) is 12.1 Å². The summed E-state index contributed by atoms with van der Waals surface area (Å²) >= 11 is 0. The average molecular weight is 293 g/mol. The number of hydrogen-bond donors (Lipinski definition) is 3. The van der Waals surface area contributed by atoms with Crippen LogP contribution in [0.1, 0.15) is 16.8 Å². The number of benzene rings is 1. The van der Waals surface area contributed by atoms with Crippen LogP contribution in [0.2, 0.25) is 0 Å². The van der Waals surface area contributed by atoms with Crippen molar-refractivity contribution in [1.82, 2.24) is 4.98 Å². The fourth-order valence-electron chi connectivity index (χ4n) is 1.67. The summed E-state index contributed by atoms with van der Waals surface area (Å²) in [6, 6.07) is 3.02. The standard InChI is InChI=1S/C14H13F2N3O2/c1-8-14(21)11(9(7-20)5-17-8)6-18-19-13-3-2-10(15)4-12(13)16/h2-6,19-21H,7H2,1H3/b18-6+. The van der Waals surface area contributed by atoms with Crippen LogP contribution < -0.4 is 5.43 Å². The highest BCUT2D eigenvalue weighted by Gasteiger charge is 2.09. The average Bonchev–Trinajstić information content (AvgIpc) is 2.46. The summed E-state index contributed by atoms with van der Waals surface area (Å²) in [6.07, 6.45) is 2.65. The Hall–Kier alpha value is -2.54. The molecule has 0 bridgehead atoms. The van der Waals surface area contributed by atoms with Crippen molar-refractivity contribution in [3.05, 3.63) is 52.9 Å². The third-order valence-corrected chi connectivity index (χ3v) is 2.84. The summed E-state index contributed by atoms with van der Waals surface area (Å²) in [7, 11) is 0. The SMILES string of the molecule is Cc1ncc(CO)c(/C=N/Nc2ccc(F)cc2F)c1O. The molecule has 110 valence electrons. The molecule has 0 aliphatic heterocycles. The molecule has 1 aromatic heterocycles. The number of halogens is 2. The lowest BCUT2D eigenvalue weighted by atomic mass is 10.1. The number of pyridine rings is 1. The lowest BCUT2D eigenvalue weighted by molar-refractivity contribution is 0.280. The molecule has 0 amide bonds. The van der Waals surface area contributed by atoms with E-state index in [1.807, 2.05) is 0 Å². The van der Waals surface area contributed by atoms with Crippen LogP contribution in [0.25, 0.3) is 0 Å². The van der Waals surface area contributed by atoms with E-state index < -0.39 is 11.6 Å². The number of nitrogens with one attached hydrogen (secondary N) is 1. The number of hydrazone groups is 1. The van der Waals surface area contributed by atoms with E-state index in [1.165, 1.54) is 18.5 Å². The van der Waals surface area contributed by atoms with Crippen LogP contribution in [0.4, 0.5) is 14.5 Å². The smallest absolute Gasteiger partial charge is 0.151 e. The monoisotopic (exact) mass is 293 g/mol. The molecule has 5 nitrogen and oxygen atoms in total. The van der Waals surface area contributed by atoms with Gasteiger partial charge in [-0.05, 0) is 19.1 Å². The molecule has 3 N–H and O–H groups in total. The van der Waals surface area contributed by atoms with Crippen LogP contribution in [-0.2, 0) is 6.61 Å². The van der Waals surface area contributed by atoms with Gasteiger partial charge < -0.3 is 10.2 Å². The van der Waals surface area contributed by atoms with Gasteiger partial charge in [0.25, 0.3) is 0 Å². The molecule has 21 heavy (non-hydrogen) atoms. The Balaban J connectivity index is 2.24. The van der Waals surface area contributed by atoms with E-state index in [1.54, 1.807) is 6.92 Å². The molecule has 1 aromatic carbocycles. The first-order valence-electron chi connectivity index (χ1n) is 6.05. The van der Waals surface area contributed by atoms with Gasteiger partial charge in [0.15, 0.2) is 5.82 Å². The molecule has 0 atom stereocenters. The predicted molar refractivity (Wildman–Crippen MR) is 74.1 cm³/mol. The summed E-state index contributed by atoms with van der Waals surface area (Å²) in [5.74, 6) is -1.59. The molecular weight excluding hydrogens is 280 g/mol. The fourth-order valence-corrected chi connectivity index (χ4v) is 1.67. The Kier molecular flexibility index (Phi) is 4.44. The molecule has 2 aromatic rings. The number of aryl methyl sites for hydroxylation is 1. The quantitative estimate of drug-likeness (QED) is 0.597. The molecule has 0 aliphatic carbocycles. The van der Waals surface area contributed by atoms with E-state index in [2.05, 4.69) is 15.5 Å². The van der Waals surface area contributed by atoms with Gasteiger partial charge in [-0.3, -0.25) is 10.4 Å². The Morgan fingerprint density at radius 2 is 2.14 bits per heavy atom. The largest absolute Gasteiger partial charge is 0.505 e. The van der Waals surface area contributed by atoms with E-state index in [4.69, 9.17) is 0 Å². The Morgan fingerprint density at radius 1 is 1.38 bits per heavy atom. The Morgan fingerprint density at radius 3 is 2.81 bits per heavy atom. The van der Waals surface area contributed by atoms with Crippen molar-refractivity contribution < 1.29 is 19.0 Å². The number of hydrogen-bond acceptors (Lipinski definition) is 5. The van der Waals surface area contributed by atoms with Crippen molar-refractivity contribution >= 4 is 11.9 Å². The maximum atomic E-state index is 13.4. The van der Waals surface area contributed by atoms with Crippen LogP contribution in [0, 0.1) is 18.6 Å². The zero-order valence-corrected chi connectivity index (χ0v) is 11.1. The molecule has 1 heterocycles. The van der Waals surface area contributed by atoms with Gasteiger partial charge in [-0.25, -0.2) is 8.78 Å². The minimum Gasteiger partial charge on any atom is -0.505 e. The lowest BCUT2D eigenvalue weighted by Gasteiger charge is -2.07. The summed E-state index contributed by atoms with van der Waals surface area (Å²) < 4.78 is 26.1. The second-order valence-corrected chi connectivity index (χ2v) is 4.28. The first-order chi connectivity index (χ1) is 10.0. The lowest BCUT2D eigenvalue weighted by Crippen LogP contribution is -2.00. The van der Waals surface area contributed by atoms with Gasteiger partial charge in [0.05, 0.1) is 24.2 Å². The van der Waals surface area contributed by atoms with Gasteiger partial charge in [0.1, 0.15) is 11.6 Å². The maximum Gasteiger partial charge on any atom is 0.151 e. The van der Waals surface area contributed by atoms with Crippen molar-refractivity contribution in [2.24, 2.45) is 5.10 Å². The summed E-state index contributed by atoms with van der Waals surface area (Å²) in [5, 5.41) is 22.8. The van der Waals surface area contributed by atoms with Crippen LogP contribution in [0.15, 0.2) is 29.5 Å². The molecule has 0 saturated heterocycles. The van der Waals surface area contributed by atoms with Crippen LogP contribution in [0.5, 0.6) is 5.75 Å². The highest BCUT2D eigenvalue weighted by molar-refractivity contribution is 5.86. The third-order valence-electron chi connectivity index (χ3n) is 2.84. The maximum absolute atomic E-state index is 13.4. The first kappa shape index (κ1) is 14.9. The second-order valence-electron chi connectivity index (χ2n) is 4.28. The molecule has 0 spiro atoms. The molecule has 0 saturated carbocycles. The molecule has 0 radical (unpaired) electrons. The van der Waals surface area contributed by atoms with Gasteiger partial charge in [0.2, 0.25) is 0 Å². The topological polar surface area (TPSA) is 77.7 Å². The van der Waals surface area contributed by atoms with Crippen molar-refractivity contribution in [3.63, 3.8) is 0 Å². The number of aliphatic hydroxyl groups excluding tert-OH is 1. The van der Waals surface area contributed by atoms with Crippen molar-refractivity contribution in [3.8, 4) is 5.75 Å². The summed E-state index contributed by atoms with van der Waals surface area (Å²) in [5.41, 5.74) is 3.42. The van der Waals surface area contributed by atoms with Gasteiger partial charge >= 0.3 is 0 Å². The van der Waals surface area contributed by atoms with E-state index in [9.17, 15) is 19.0 Å². The molecule has 0 aliphatic rings. The molecule has 0 fully saturated rings. The molecule has 7 heteroatoms. The minimum absolute atomic E-state index is 0.0107. The van der Waals surface area contributed by atoms with Gasteiger partial charge in [-0.1, -0.05) is 0 Å². The molecule has 0 unspecified atom stereocenters. The van der Waals surface area contributed by atoms with Crippen molar-refractivity contribution in [2.75, 3.05) is 5.43 Å². The van der Waals surface area contributed by atoms with Crippen LogP contribution >= 0.6 is 0 Å². The van der Waals surface area contributed by atoms with E-state index in [0.29, 0.717) is 11.3 Å². The second kappa shape index (κ2) is 6.27. The third kappa shape index (κ3) is 3.32. The predicted octanol–water partition coefficient (Wildman–Crippen LogP) is 2.31. The number of nitrogens with zero attached hydrogens (tertiary/aromatic N) is 2. The fraction of sp³-hybridized carbons (Fsp3) is 0.143. The minimum atomic E-state index is -0.787. The Labute approximate surface area is 119 Å². The summed E-state index contributed by atoms with van der Waals surface area (Å²) in [4.78, 5) is 3.91. The Bertz CT molecular complexity index is 690. The number of aromatic nitrogens is 1. The van der Waals surface area contributed by atoms with E-state index in [-0.39, 0.29) is 23.6 Å². The van der Waals surface area contributed by atoms with Crippen LogP contribution in [0.3, 0.4) is 0 Å². The number of rotatable bonds is 4. The zero-order chi connectivity index (χ0) is 15.4. The normalized spacial score (nSPS) is 11.0. The summed E-state index contributed by atoms with van der Waals surface area (Å²) in [6.45, 7) is 1.27. The molecule has 2 rings (SSSR count). The number of aliphatic hydroxyl groups is 1. The van der Waals surface area contributed by atoms with Crippen LogP contribution in [-0.4, -0.2) is 21.4 Å².